The molecule has 3 atom stereocenters. The van der Waals surface area contributed by atoms with Crippen LogP contribution in [-0.4, -0.2) is 55.3 Å². The van der Waals surface area contributed by atoms with Gasteiger partial charge >= 0.3 is 0 Å². The third-order valence-electron chi connectivity index (χ3n) is 6.56. The number of carbonyl (C=O) groups is 3. The molecule has 0 unspecified atom stereocenters. The second-order valence-corrected chi connectivity index (χ2v) is 8.66. The quantitative estimate of drug-likeness (QED) is 0.574. The molecule has 3 aliphatic rings. The van der Waals surface area contributed by atoms with Crippen molar-refractivity contribution < 1.29 is 19.5 Å². The fourth-order valence-electron chi connectivity index (χ4n) is 5.15. The van der Waals surface area contributed by atoms with E-state index in [0.29, 0.717) is 30.5 Å². The molecular weight excluding hydrogens is 370 g/mol. The van der Waals surface area contributed by atoms with E-state index >= 15 is 0 Å². The first kappa shape index (κ1) is 18.1. The summed E-state index contributed by atoms with van der Waals surface area (Å²) in [7, 11) is 0. The van der Waals surface area contributed by atoms with Crippen molar-refractivity contribution in [2.75, 3.05) is 6.54 Å². The maximum atomic E-state index is 13.7. The van der Waals surface area contributed by atoms with Gasteiger partial charge in [0.2, 0.25) is 5.78 Å². The van der Waals surface area contributed by atoms with Crippen molar-refractivity contribution in [3.05, 3.63) is 47.2 Å². The van der Waals surface area contributed by atoms with Gasteiger partial charge in [0.15, 0.2) is 0 Å². The lowest BCUT2D eigenvalue weighted by Crippen LogP contribution is -2.78. The molecule has 2 N–H and O–H groups in total. The molecule has 7 nitrogen and oxygen atoms in total. The van der Waals surface area contributed by atoms with Gasteiger partial charge in [0.25, 0.3) is 17.5 Å². The van der Waals surface area contributed by atoms with Crippen LogP contribution in [0, 0.1) is 0 Å². The van der Waals surface area contributed by atoms with Gasteiger partial charge in [-0.1, -0.05) is 29.8 Å². The van der Waals surface area contributed by atoms with E-state index in [0.717, 1.165) is 16.0 Å². The molecule has 2 aromatic rings. The molecule has 0 saturated carbocycles. The average molecular weight is 393 g/mol. The Labute approximate surface area is 168 Å². The number of piperazine rings is 1. The molecule has 4 heterocycles. The lowest BCUT2D eigenvalue weighted by Gasteiger charge is -2.54. The maximum absolute atomic E-state index is 13.7. The number of carbonyl (C=O) groups excluding carboxylic acids is 3. The van der Waals surface area contributed by atoms with E-state index in [2.05, 4.69) is 4.98 Å². The predicted molar refractivity (Wildman–Crippen MR) is 106 cm³/mol. The van der Waals surface area contributed by atoms with Crippen LogP contribution >= 0.6 is 0 Å². The molecule has 2 saturated heterocycles. The number of para-hydroxylation sites is 1. The van der Waals surface area contributed by atoms with Crippen LogP contribution in [0.3, 0.4) is 0 Å². The van der Waals surface area contributed by atoms with E-state index in [9.17, 15) is 19.5 Å². The Morgan fingerprint density at radius 2 is 1.93 bits per heavy atom. The highest BCUT2D eigenvalue weighted by Crippen LogP contribution is 2.49. The zero-order valence-corrected chi connectivity index (χ0v) is 16.7. The second-order valence-electron chi connectivity index (χ2n) is 8.66. The van der Waals surface area contributed by atoms with Gasteiger partial charge < -0.3 is 15.0 Å². The van der Waals surface area contributed by atoms with Crippen LogP contribution in [-0.2, 0) is 9.59 Å². The Morgan fingerprint density at radius 1 is 1.21 bits per heavy atom. The van der Waals surface area contributed by atoms with E-state index in [-0.39, 0.29) is 5.56 Å². The van der Waals surface area contributed by atoms with E-state index < -0.39 is 34.9 Å². The van der Waals surface area contributed by atoms with Crippen molar-refractivity contribution in [1.29, 1.82) is 0 Å². The van der Waals surface area contributed by atoms with Crippen LogP contribution in [0.4, 0.5) is 0 Å². The molecule has 1 aromatic carbocycles. The molecule has 3 aliphatic heterocycles. The van der Waals surface area contributed by atoms with Crippen molar-refractivity contribution in [2.24, 2.45) is 0 Å². The molecule has 29 heavy (non-hydrogen) atoms. The number of allylic oxidation sites excluding steroid dienone is 1. The number of rotatable bonds is 1. The highest BCUT2D eigenvalue weighted by Gasteiger charge is 2.69. The summed E-state index contributed by atoms with van der Waals surface area (Å²) in [4.78, 5) is 46.5. The van der Waals surface area contributed by atoms with Crippen molar-refractivity contribution in [1.82, 2.24) is 14.8 Å². The number of aliphatic hydroxyl groups is 1. The number of fused-ring (bicyclic) bond motifs is 5. The van der Waals surface area contributed by atoms with Crippen LogP contribution in [0.5, 0.6) is 0 Å². The molecule has 2 amide bonds. The fraction of sp³-hybridized carbons (Fsp3) is 0.409. The van der Waals surface area contributed by atoms with Crippen LogP contribution < -0.4 is 0 Å². The minimum Gasteiger partial charge on any atom is -0.357 e. The van der Waals surface area contributed by atoms with Gasteiger partial charge in [-0.25, -0.2) is 0 Å². The van der Waals surface area contributed by atoms with Crippen molar-refractivity contribution in [3.63, 3.8) is 0 Å². The zero-order chi connectivity index (χ0) is 20.7. The smallest absolute Gasteiger partial charge is 0.287 e. The normalized spacial score (nSPS) is 31.0. The summed E-state index contributed by atoms with van der Waals surface area (Å²) in [6.07, 6.45) is 3.00. The minimum absolute atomic E-state index is 0.283. The number of aromatic nitrogens is 1. The number of hydrogen-bond donors (Lipinski definition) is 2. The van der Waals surface area contributed by atoms with Crippen LogP contribution in [0.15, 0.2) is 35.9 Å². The Morgan fingerprint density at radius 3 is 2.66 bits per heavy atom. The van der Waals surface area contributed by atoms with Gasteiger partial charge in [0.1, 0.15) is 5.54 Å². The largest absolute Gasteiger partial charge is 0.357 e. The molecule has 1 aromatic heterocycles. The number of Topliss-reactive ketones (excluding diaryl/α,β-unsaturated/α-hetero) is 1. The fourth-order valence-corrected chi connectivity index (χ4v) is 5.15. The topological polar surface area (TPSA) is 93.7 Å². The SMILES string of the molecule is CC(C)=C[C@H]1c2[nH]c3ccccc3c2C(=O)[C@@]2(O)C(=O)N3CCC[C@@]3(C)C(=O)N12. The summed E-state index contributed by atoms with van der Waals surface area (Å²) < 4.78 is 0. The van der Waals surface area contributed by atoms with Gasteiger partial charge in [-0.3, -0.25) is 19.3 Å². The number of amides is 2. The summed E-state index contributed by atoms with van der Waals surface area (Å²) >= 11 is 0. The van der Waals surface area contributed by atoms with E-state index in [1.807, 2.05) is 32.1 Å². The lowest BCUT2D eigenvalue weighted by molar-refractivity contribution is -0.199. The van der Waals surface area contributed by atoms with Gasteiger partial charge in [-0.15, -0.1) is 0 Å². The third-order valence-corrected chi connectivity index (χ3v) is 6.56. The van der Waals surface area contributed by atoms with Gasteiger partial charge in [-0.05, 0) is 39.7 Å². The number of H-pyrrole nitrogens is 1. The first-order valence-electron chi connectivity index (χ1n) is 9.90. The molecule has 0 spiro atoms. The van der Waals surface area contributed by atoms with Crippen molar-refractivity contribution in [2.45, 2.75) is 50.9 Å². The Balaban J connectivity index is 1.85. The summed E-state index contributed by atoms with van der Waals surface area (Å²) in [5.74, 6) is -1.84. The number of nitrogens with zero attached hydrogens (tertiary/aromatic N) is 2. The third kappa shape index (κ3) is 2.03. The molecule has 7 heteroatoms. The van der Waals surface area contributed by atoms with Crippen LogP contribution in [0.1, 0.15) is 55.7 Å². The van der Waals surface area contributed by atoms with Crippen molar-refractivity contribution >= 4 is 28.5 Å². The first-order valence-corrected chi connectivity index (χ1v) is 9.90. The summed E-state index contributed by atoms with van der Waals surface area (Å²) in [5.41, 5.74) is -1.11. The van der Waals surface area contributed by atoms with Crippen molar-refractivity contribution in [3.8, 4) is 0 Å². The standard InChI is InChI=1S/C22H23N3O4/c1-12(2)11-15-17-16(13-7-4-5-8-14(13)23-17)18(26)22(29)20(28)24-10-6-9-21(24,3)19(27)25(15)22/h4-5,7-8,11,15,23,29H,6,9-10H2,1-3H3/t15-,21-,22+/m0/s1. The van der Waals surface area contributed by atoms with E-state index in [4.69, 9.17) is 0 Å². The molecule has 2 fully saturated rings. The monoisotopic (exact) mass is 393 g/mol. The van der Waals surface area contributed by atoms with E-state index in [1.165, 1.54) is 4.90 Å². The number of hydrogen-bond acceptors (Lipinski definition) is 4. The van der Waals surface area contributed by atoms with Crippen LogP contribution in [0.2, 0.25) is 0 Å². The predicted octanol–water partition coefficient (Wildman–Crippen LogP) is 2.28. The Hall–Kier alpha value is -2.93. The first-order chi connectivity index (χ1) is 13.7. The Bertz CT molecular complexity index is 1130. The molecule has 0 aliphatic carbocycles. The number of aromatic amines is 1. The molecular formula is C22H23N3O4. The number of benzene rings is 1. The Kier molecular flexibility index (Phi) is 3.48. The molecule has 150 valence electrons. The maximum Gasteiger partial charge on any atom is 0.287 e. The zero-order valence-electron chi connectivity index (χ0n) is 16.7. The van der Waals surface area contributed by atoms with Gasteiger partial charge in [0, 0.05) is 17.4 Å². The highest BCUT2D eigenvalue weighted by molar-refractivity contribution is 6.26. The van der Waals surface area contributed by atoms with Gasteiger partial charge in [-0.2, -0.15) is 0 Å². The average Bonchev–Trinajstić information content (AvgIpc) is 3.26. The summed E-state index contributed by atoms with van der Waals surface area (Å²) in [5, 5.41) is 12.2. The van der Waals surface area contributed by atoms with Crippen LogP contribution in [0.25, 0.3) is 10.9 Å². The molecule has 5 rings (SSSR count). The highest BCUT2D eigenvalue weighted by atomic mass is 16.3. The molecule has 0 radical (unpaired) electrons. The number of ketones is 1. The minimum atomic E-state index is -2.53. The number of nitrogens with one attached hydrogen (secondary N) is 1. The lowest BCUT2D eigenvalue weighted by atomic mass is 9.80. The summed E-state index contributed by atoms with van der Waals surface area (Å²) in [6, 6.07) is 6.55. The summed E-state index contributed by atoms with van der Waals surface area (Å²) in [6.45, 7) is 5.86. The molecule has 0 bridgehead atoms. The second kappa shape index (κ2) is 5.57. The van der Waals surface area contributed by atoms with E-state index in [1.54, 1.807) is 19.1 Å². The van der Waals surface area contributed by atoms with Gasteiger partial charge in [0.05, 0.1) is 17.3 Å².